The lowest BCUT2D eigenvalue weighted by Gasteiger charge is -2.30. The van der Waals surface area contributed by atoms with Crippen LogP contribution in [0.3, 0.4) is 0 Å². The Morgan fingerprint density at radius 2 is 1.97 bits per heavy atom. The van der Waals surface area contributed by atoms with Crippen molar-refractivity contribution in [3.8, 4) is 0 Å². The molecule has 3 amide bonds. The molecule has 0 radical (unpaired) electrons. The zero-order chi connectivity index (χ0) is 23.1. The Balaban J connectivity index is 1.75. The number of aryl methyl sites for hydroxylation is 1. The van der Waals surface area contributed by atoms with Crippen molar-refractivity contribution in [3.05, 3.63) is 41.5 Å². The van der Waals surface area contributed by atoms with E-state index in [1.165, 1.54) is 6.26 Å². The number of hydrogen-bond acceptors (Lipinski definition) is 7. The third-order valence-electron chi connectivity index (χ3n) is 5.16. The number of carbonyl (C=O) groups excluding carboxylic acids is 3. The van der Waals surface area contributed by atoms with Crippen LogP contribution in [0.2, 0.25) is 0 Å². The van der Waals surface area contributed by atoms with Crippen LogP contribution >= 0.6 is 0 Å². The van der Waals surface area contributed by atoms with Gasteiger partial charge in [-0.2, -0.15) is 0 Å². The summed E-state index contributed by atoms with van der Waals surface area (Å²) in [4.78, 5) is 41.0. The van der Waals surface area contributed by atoms with E-state index < -0.39 is 0 Å². The number of nitrogens with one attached hydrogen (secondary N) is 2. The summed E-state index contributed by atoms with van der Waals surface area (Å²) in [7, 11) is 0. The van der Waals surface area contributed by atoms with Crippen molar-refractivity contribution in [1.29, 1.82) is 0 Å². The molecule has 3 heterocycles. The number of nitrogens with zero attached hydrogens (tertiary/aromatic N) is 4. The van der Waals surface area contributed by atoms with E-state index in [4.69, 9.17) is 4.42 Å². The van der Waals surface area contributed by atoms with Crippen molar-refractivity contribution in [3.63, 3.8) is 0 Å². The average molecular weight is 443 g/mol. The molecule has 0 bridgehead atoms. The molecule has 3 rings (SSSR count). The molecule has 1 saturated heterocycles. The standard InChI is InChI=1S/C22H30N6O4/c1-4-18-16(8-14-32-18)22(31)28-10-7-20(29)23-9-11-27(12-13-28)19-6-5-17(25-26-19)21(30)24-15(2)3/h5-6,8,14-15H,4,7,9-13H2,1-3H3,(H,23,29)(H,24,30). The maximum Gasteiger partial charge on any atom is 0.271 e. The quantitative estimate of drug-likeness (QED) is 0.715. The van der Waals surface area contributed by atoms with Crippen molar-refractivity contribution in [2.75, 3.05) is 37.6 Å². The van der Waals surface area contributed by atoms with Gasteiger partial charge in [-0.3, -0.25) is 14.4 Å². The lowest BCUT2D eigenvalue weighted by atomic mass is 10.1. The van der Waals surface area contributed by atoms with Crippen LogP contribution in [0, 0.1) is 0 Å². The Kier molecular flexibility index (Phi) is 7.80. The van der Waals surface area contributed by atoms with Gasteiger partial charge in [0.25, 0.3) is 11.8 Å². The molecule has 1 aliphatic heterocycles. The Morgan fingerprint density at radius 3 is 2.66 bits per heavy atom. The minimum atomic E-state index is -0.282. The minimum absolute atomic E-state index is 0.00148. The van der Waals surface area contributed by atoms with Crippen molar-refractivity contribution in [2.24, 2.45) is 0 Å². The van der Waals surface area contributed by atoms with Crippen molar-refractivity contribution in [2.45, 2.75) is 39.7 Å². The predicted molar refractivity (Wildman–Crippen MR) is 118 cm³/mol. The lowest BCUT2D eigenvalue weighted by molar-refractivity contribution is -0.121. The highest BCUT2D eigenvalue weighted by molar-refractivity contribution is 5.95. The van der Waals surface area contributed by atoms with E-state index in [0.29, 0.717) is 56.3 Å². The van der Waals surface area contributed by atoms with E-state index in [1.807, 2.05) is 25.7 Å². The highest BCUT2D eigenvalue weighted by atomic mass is 16.3. The highest BCUT2D eigenvalue weighted by Crippen LogP contribution is 2.16. The zero-order valence-corrected chi connectivity index (χ0v) is 18.8. The molecule has 1 aliphatic rings. The van der Waals surface area contributed by atoms with Crippen molar-refractivity contribution < 1.29 is 18.8 Å². The van der Waals surface area contributed by atoms with Gasteiger partial charge in [0.15, 0.2) is 11.5 Å². The van der Waals surface area contributed by atoms with Crippen LogP contribution in [0.4, 0.5) is 5.82 Å². The number of carbonyl (C=O) groups is 3. The minimum Gasteiger partial charge on any atom is -0.469 e. The van der Waals surface area contributed by atoms with Gasteiger partial charge in [0.2, 0.25) is 5.91 Å². The Morgan fingerprint density at radius 1 is 1.16 bits per heavy atom. The Labute approximate surface area is 187 Å². The first-order chi connectivity index (χ1) is 15.4. The fraction of sp³-hybridized carbons (Fsp3) is 0.500. The molecule has 2 aromatic rings. The molecule has 0 saturated carbocycles. The molecule has 2 aromatic heterocycles. The molecule has 1 fully saturated rings. The van der Waals surface area contributed by atoms with Crippen LogP contribution in [0.15, 0.2) is 28.9 Å². The van der Waals surface area contributed by atoms with Crippen LogP contribution in [0.1, 0.15) is 53.8 Å². The number of furan rings is 1. The molecular weight excluding hydrogens is 412 g/mol. The number of amides is 3. The first-order valence-corrected chi connectivity index (χ1v) is 10.9. The largest absolute Gasteiger partial charge is 0.469 e. The number of rotatable bonds is 5. The van der Waals surface area contributed by atoms with Gasteiger partial charge in [-0.1, -0.05) is 6.92 Å². The molecule has 0 atom stereocenters. The van der Waals surface area contributed by atoms with Gasteiger partial charge in [0, 0.05) is 51.6 Å². The van der Waals surface area contributed by atoms with Gasteiger partial charge in [0.1, 0.15) is 5.76 Å². The molecule has 0 unspecified atom stereocenters. The van der Waals surface area contributed by atoms with Gasteiger partial charge in [-0.05, 0) is 32.0 Å². The summed E-state index contributed by atoms with van der Waals surface area (Å²) in [6, 6.07) is 5.03. The van der Waals surface area contributed by atoms with Crippen LogP contribution in [-0.2, 0) is 11.2 Å². The number of hydrogen-bond donors (Lipinski definition) is 2. The lowest BCUT2D eigenvalue weighted by Crippen LogP contribution is -2.45. The van der Waals surface area contributed by atoms with Gasteiger partial charge in [-0.15, -0.1) is 10.2 Å². The van der Waals surface area contributed by atoms with Gasteiger partial charge in [-0.25, -0.2) is 0 Å². The summed E-state index contributed by atoms with van der Waals surface area (Å²) >= 11 is 0. The molecule has 10 nitrogen and oxygen atoms in total. The van der Waals surface area contributed by atoms with Crippen LogP contribution in [0.5, 0.6) is 0 Å². The average Bonchev–Trinajstić information content (AvgIpc) is 3.26. The third kappa shape index (κ3) is 5.83. The number of aromatic nitrogens is 2. The summed E-state index contributed by atoms with van der Waals surface area (Å²) in [6.45, 7) is 7.87. The molecule has 0 spiro atoms. The van der Waals surface area contributed by atoms with E-state index in [0.717, 1.165) is 0 Å². The smallest absolute Gasteiger partial charge is 0.271 e. The summed E-state index contributed by atoms with van der Waals surface area (Å²) in [5, 5.41) is 13.9. The maximum absolute atomic E-state index is 13.1. The van der Waals surface area contributed by atoms with Crippen LogP contribution in [0.25, 0.3) is 0 Å². The van der Waals surface area contributed by atoms with Crippen LogP contribution in [-0.4, -0.2) is 71.6 Å². The van der Waals surface area contributed by atoms with Crippen LogP contribution < -0.4 is 15.5 Å². The first kappa shape index (κ1) is 23.2. The topological polar surface area (TPSA) is 121 Å². The molecule has 2 N–H and O–H groups in total. The van der Waals surface area contributed by atoms with Gasteiger partial charge >= 0.3 is 0 Å². The van der Waals surface area contributed by atoms with E-state index in [1.54, 1.807) is 23.1 Å². The molecule has 172 valence electrons. The maximum atomic E-state index is 13.1. The molecule has 0 aromatic carbocycles. The molecular formula is C22H30N6O4. The van der Waals surface area contributed by atoms with E-state index in [9.17, 15) is 14.4 Å². The Hall–Kier alpha value is -3.43. The fourth-order valence-electron chi connectivity index (χ4n) is 3.48. The summed E-state index contributed by atoms with van der Waals surface area (Å²) in [6.07, 6.45) is 2.37. The van der Waals surface area contributed by atoms with E-state index >= 15 is 0 Å². The summed E-state index contributed by atoms with van der Waals surface area (Å²) in [5.41, 5.74) is 0.762. The second-order valence-electron chi connectivity index (χ2n) is 7.90. The normalized spacial score (nSPS) is 15.4. The van der Waals surface area contributed by atoms with Crippen molar-refractivity contribution >= 4 is 23.5 Å². The molecule has 0 aliphatic carbocycles. The Bertz CT molecular complexity index is 940. The van der Waals surface area contributed by atoms with Gasteiger partial charge < -0.3 is 24.9 Å². The summed E-state index contributed by atoms with van der Waals surface area (Å²) in [5.74, 6) is 0.659. The highest BCUT2D eigenvalue weighted by Gasteiger charge is 2.23. The summed E-state index contributed by atoms with van der Waals surface area (Å²) < 4.78 is 5.40. The second-order valence-corrected chi connectivity index (χ2v) is 7.90. The van der Waals surface area contributed by atoms with Crippen molar-refractivity contribution in [1.82, 2.24) is 25.7 Å². The van der Waals surface area contributed by atoms with Gasteiger partial charge in [0.05, 0.1) is 11.8 Å². The SMILES string of the molecule is CCc1occc1C(=O)N1CCC(=O)NCCN(c2ccc(C(=O)NC(C)C)nn2)CC1. The molecule has 10 heteroatoms. The second kappa shape index (κ2) is 10.7. The third-order valence-corrected chi connectivity index (χ3v) is 5.16. The predicted octanol–water partition coefficient (Wildman–Crippen LogP) is 1.24. The molecule has 32 heavy (non-hydrogen) atoms. The number of anilines is 1. The monoisotopic (exact) mass is 442 g/mol. The first-order valence-electron chi connectivity index (χ1n) is 10.9. The fourth-order valence-corrected chi connectivity index (χ4v) is 3.48. The van der Waals surface area contributed by atoms with E-state index in [2.05, 4.69) is 20.8 Å². The van der Waals surface area contributed by atoms with E-state index in [-0.39, 0.29) is 35.9 Å². The zero-order valence-electron chi connectivity index (χ0n) is 18.8.